The number of carbonyl (C=O) groups is 1. The van der Waals surface area contributed by atoms with Gasteiger partial charge in [-0.05, 0) is 61.3 Å². The summed E-state index contributed by atoms with van der Waals surface area (Å²) in [5, 5.41) is 0. The van der Waals surface area contributed by atoms with Crippen LogP contribution in [0.25, 0.3) is 0 Å². The Morgan fingerprint density at radius 1 is 1.13 bits per heavy atom. The molecule has 0 atom stereocenters. The van der Waals surface area contributed by atoms with Crippen LogP contribution in [0, 0.1) is 0 Å². The van der Waals surface area contributed by atoms with Gasteiger partial charge in [-0.15, -0.1) is 0 Å². The van der Waals surface area contributed by atoms with Gasteiger partial charge in [-0.25, -0.2) is 4.79 Å². The molecule has 5 heteroatoms. The second-order valence-electron chi connectivity index (χ2n) is 5.89. The lowest BCUT2D eigenvalue weighted by molar-refractivity contribution is 0.0378. The lowest BCUT2D eigenvalue weighted by atomic mass is 9.64. The molecule has 2 aromatic carbocycles. The number of hydrogen-bond acceptors (Lipinski definition) is 4. The van der Waals surface area contributed by atoms with Crippen LogP contribution in [0.5, 0.6) is 11.5 Å². The number of fused-ring (bicyclic) bond motifs is 1. The third-order valence-corrected chi connectivity index (χ3v) is 3.71. The molecular weight excluding hydrogens is 291 g/mol. The maximum atomic E-state index is 11.8. The average Bonchev–Trinajstić information content (AvgIpc) is 2.88. The molecule has 0 aliphatic carbocycles. The van der Waals surface area contributed by atoms with Crippen molar-refractivity contribution in [1.82, 2.24) is 0 Å². The maximum absolute atomic E-state index is 11.8. The van der Waals surface area contributed by atoms with Crippen molar-refractivity contribution in [3.05, 3.63) is 53.6 Å². The van der Waals surface area contributed by atoms with Crippen molar-refractivity contribution < 1.29 is 18.9 Å². The lowest BCUT2D eigenvalue weighted by Gasteiger charge is -2.10. The van der Waals surface area contributed by atoms with E-state index in [2.05, 4.69) is 0 Å². The van der Waals surface area contributed by atoms with Crippen molar-refractivity contribution in [3.8, 4) is 11.5 Å². The van der Waals surface area contributed by atoms with E-state index in [0.29, 0.717) is 17.9 Å². The molecule has 0 unspecified atom stereocenters. The van der Waals surface area contributed by atoms with Crippen molar-refractivity contribution in [1.29, 1.82) is 0 Å². The molecular formula is C18H19BO4. The Labute approximate surface area is 136 Å². The number of carbonyl (C=O) groups excluding carboxylic acids is 1. The summed E-state index contributed by atoms with van der Waals surface area (Å²) in [5.74, 6) is 1.12. The minimum absolute atomic E-state index is 0.130. The van der Waals surface area contributed by atoms with Gasteiger partial charge in [-0.3, -0.25) is 0 Å². The number of esters is 1. The van der Waals surface area contributed by atoms with Crippen LogP contribution in [-0.2, 0) is 16.0 Å². The van der Waals surface area contributed by atoms with E-state index in [1.54, 1.807) is 24.3 Å². The number of benzene rings is 2. The monoisotopic (exact) mass is 310 g/mol. The Bertz CT molecular complexity index is 709. The van der Waals surface area contributed by atoms with Crippen molar-refractivity contribution >= 4 is 18.3 Å². The highest BCUT2D eigenvalue weighted by Gasteiger charge is 2.23. The first kappa shape index (κ1) is 15.6. The molecule has 118 valence electrons. The molecule has 4 nitrogen and oxygen atoms in total. The maximum Gasteiger partial charge on any atom is 0.338 e. The van der Waals surface area contributed by atoms with Gasteiger partial charge in [-0.2, -0.15) is 0 Å². The van der Waals surface area contributed by atoms with Crippen LogP contribution in [0.1, 0.15) is 29.8 Å². The average molecular weight is 310 g/mol. The zero-order chi connectivity index (χ0) is 16.4. The van der Waals surface area contributed by atoms with Crippen molar-refractivity contribution in [3.63, 3.8) is 0 Å². The van der Waals surface area contributed by atoms with Crippen LogP contribution in [0.4, 0.5) is 0 Å². The lowest BCUT2D eigenvalue weighted by Crippen LogP contribution is -2.23. The highest BCUT2D eigenvalue weighted by molar-refractivity contribution is 6.67. The van der Waals surface area contributed by atoms with Crippen LogP contribution >= 0.6 is 0 Å². The molecule has 0 aromatic heterocycles. The van der Waals surface area contributed by atoms with Gasteiger partial charge >= 0.3 is 12.9 Å². The molecule has 0 radical (unpaired) electrons. The molecule has 1 aliphatic heterocycles. The first-order valence-corrected chi connectivity index (χ1v) is 7.76. The smallest absolute Gasteiger partial charge is 0.338 e. The zero-order valence-electron chi connectivity index (χ0n) is 13.5. The summed E-state index contributed by atoms with van der Waals surface area (Å²) < 4.78 is 16.6. The fourth-order valence-corrected chi connectivity index (χ4v) is 2.55. The van der Waals surface area contributed by atoms with Gasteiger partial charge in [0.05, 0.1) is 18.3 Å². The van der Waals surface area contributed by atoms with Crippen LogP contribution in [0.3, 0.4) is 0 Å². The van der Waals surface area contributed by atoms with Gasteiger partial charge in [0, 0.05) is 0 Å². The molecule has 0 saturated heterocycles. The molecule has 0 saturated carbocycles. The quantitative estimate of drug-likeness (QED) is 0.641. The van der Waals surface area contributed by atoms with E-state index in [9.17, 15) is 4.79 Å². The minimum Gasteiger partial charge on any atom is -0.459 e. The molecule has 0 N–H and O–H groups in total. The first-order chi connectivity index (χ1) is 11.0. The normalized spacial score (nSPS) is 13.1. The van der Waals surface area contributed by atoms with E-state index >= 15 is 0 Å². The van der Waals surface area contributed by atoms with Crippen LogP contribution in [0.15, 0.2) is 42.5 Å². The topological polar surface area (TPSA) is 44.8 Å². The van der Waals surface area contributed by atoms with Crippen LogP contribution in [0.2, 0.25) is 6.82 Å². The molecule has 1 heterocycles. The SMILES string of the molecule is CB1OCc2cc(Oc3ccc(C(=O)OC(C)C)cc3)ccc21. The van der Waals surface area contributed by atoms with E-state index in [1.165, 1.54) is 5.46 Å². The van der Waals surface area contributed by atoms with Crippen molar-refractivity contribution in [2.75, 3.05) is 0 Å². The van der Waals surface area contributed by atoms with Crippen LogP contribution < -0.4 is 10.2 Å². The van der Waals surface area contributed by atoms with Gasteiger partial charge in [0.25, 0.3) is 0 Å². The molecule has 0 fully saturated rings. The van der Waals surface area contributed by atoms with Gasteiger partial charge in [0.2, 0.25) is 0 Å². The molecule has 23 heavy (non-hydrogen) atoms. The van der Waals surface area contributed by atoms with Gasteiger partial charge in [0.1, 0.15) is 11.5 Å². The molecule has 2 aromatic rings. The number of hydrogen-bond donors (Lipinski definition) is 0. The van der Waals surface area contributed by atoms with E-state index in [1.807, 2.05) is 38.9 Å². The minimum atomic E-state index is -0.324. The summed E-state index contributed by atoms with van der Waals surface area (Å²) in [5.41, 5.74) is 2.89. The summed E-state index contributed by atoms with van der Waals surface area (Å²) in [6.07, 6.45) is -0.130. The third kappa shape index (κ3) is 3.56. The van der Waals surface area contributed by atoms with E-state index < -0.39 is 0 Å². The number of ether oxygens (including phenoxy) is 2. The molecule has 0 bridgehead atoms. The molecule has 0 spiro atoms. The molecule has 1 aliphatic rings. The molecule has 0 amide bonds. The fourth-order valence-electron chi connectivity index (χ4n) is 2.55. The highest BCUT2D eigenvalue weighted by atomic mass is 16.5. The second-order valence-corrected chi connectivity index (χ2v) is 5.89. The summed E-state index contributed by atoms with van der Waals surface area (Å²) in [4.78, 5) is 11.8. The largest absolute Gasteiger partial charge is 0.459 e. The first-order valence-electron chi connectivity index (χ1n) is 7.76. The predicted molar refractivity (Wildman–Crippen MR) is 89.6 cm³/mol. The van der Waals surface area contributed by atoms with Crippen molar-refractivity contribution in [2.45, 2.75) is 33.4 Å². The van der Waals surface area contributed by atoms with Crippen LogP contribution in [-0.4, -0.2) is 19.0 Å². The number of rotatable bonds is 4. The predicted octanol–water partition coefficient (Wildman–Crippen LogP) is 3.40. The second kappa shape index (κ2) is 6.46. The van der Waals surface area contributed by atoms with E-state index in [4.69, 9.17) is 14.1 Å². The Morgan fingerprint density at radius 2 is 1.83 bits per heavy atom. The summed E-state index contributed by atoms with van der Waals surface area (Å²) >= 11 is 0. The summed E-state index contributed by atoms with van der Waals surface area (Å²) in [6, 6.07) is 12.9. The highest BCUT2D eigenvalue weighted by Crippen LogP contribution is 2.24. The summed E-state index contributed by atoms with van der Waals surface area (Å²) in [7, 11) is 0. The Hall–Kier alpha value is -2.27. The van der Waals surface area contributed by atoms with Gasteiger partial charge in [-0.1, -0.05) is 12.9 Å². The van der Waals surface area contributed by atoms with E-state index in [0.717, 1.165) is 11.3 Å². The van der Waals surface area contributed by atoms with Gasteiger partial charge < -0.3 is 14.1 Å². The fraction of sp³-hybridized carbons (Fsp3) is 0.278. The third-order valence-electron chi connectivity index (χ3n) is 3.71. The van der Waals surface area contributed by atoms with Crippen molar-refractivity contribution in [2.24, 2.45) is 0 Å². The standard InChI is InChI=1S/C18H19BO4/c1-12(2)22-18(20)13-4-6-15(7-5-13)23-16-8-9-17-14(10-16)11-21-19(17)3/h4-10,12H,11H2,1-3H3. The van der Waals surface area contributed by atoms with E-state index in [-0.39, 0.29) is 19.0 Å². The Morgan fingerprint density at radius 3 is 2.52 bits per heavy atom. The Kier molecular flexibility index (Phi) is 4.39. The van der Waals surface area contributed by atoms with Gasteiger partial charge in [0.15, 0.2) is 0 Å². The zero-order valence-corrected chi connectivity index (χ0v) is 13.5. The summed E-state index contributed by atoms with van der Waals surface area (Å²) in [6.45, 7) is 6.46. The molecule has 3 rings (SSSR count). The Balaban J connectivity index is 1.70.